The lowest BCUT2D eigenvalue weighted by Gasteiger charge is -2.20. The standard InChI is InChI=1S/C20H16BrFN2O2/c1-20(2,11-23)13-8-12-6-7-24(19(26)18(12)16(22)9-13)17-5-3-4-15(21)14(17)10-25/h3-11,23H,1-2H3. The third kappa shape index (κ3) is 2.90. The fourth-order valence-electron chi connectivity index (χ4n) is 2.83. The molecule has 2 aromatic carbocycles. The maximum Gasteiger partial charge on any atom is 0.265 e. The summed E-state index contributed by atoms with van der Waals surface area (Å²) in [4.78, 5) is 24.3. The summed E-state index contributed by atoms with van der Waals surface area (Å²) in [6, 6.07) is 9.68. The smallest absolute Gasteiger partial charge is 0.265 e. The van der Waals surface area contributed by atoms with E-state index in [0.29, 0.717) is 33.0 Å². The Balaban J connectivity index is 2.32. The van der Waals surface area contributed by atoms with Gasteiger partial charge in [-0.2, -0.15) is 0 Å². The van der Waals surface area contributed by atoms with Gasteiger partial charge in [-0.1, -0.05) is 19.9 Å². The summed E-state index contributed by atoms with van der Waals surface area (Å²) >= 11 is 3.29. The second kappa shape index (κ2) is 6.61. The highest BCUT2D eigenvalue weighted by Gasteiger charge is 2.21. The Labute approximate surface area is 157 Å². The van der Waals surface area contributed by atoms with Crippen molar-refractivity contribution in [2.24, 2.45) is 0 Å². The summed E-state index contributed by atoms with van der Waals surface area (Å²) in [5.74, 6) is -0.644. The van der Waals surface area contributed by atoms with E-state index in [-0.39, 0.29) is 5.39 Å². The lowest BCUT2D eigenvalue weighted by atomic mass is 9.85. The Kier molecular flexibility index (Phi) is 4.63. The molecule has 26 heavy (non-hydrogen) atoms. The SMILES string of the molecule is CC(C)(C=N)c1cc(F)c2c(=O)n(-c3cccc(Br)c3C=O)ccc2c1. The topological polar surface area (TPSA) is 62.9 Å². The molecule has 0 saturated heterocycles. The van der Waals surface area contributed by atoms with Gasteiger partial charge in [0.25, 0.3) is 5.56 Å². The first kappa shape index (κ1) is 18.2. The molecular formula is C20H16BrFN2O2. The molecule has 3 rings (SSSR count). The van der Waals surface area contributed by atoms with E-state index in [9.17, 15) is 14.0 Å². The van der Waals surface area contributed by atoms with E-state index in [2.05, 4.69) is 15.9 Å². The average Bonchev–Trinajstić information content (AvgIpc) is 2.61. The third-order valence-electron chi connectivity index (χ3n) is 4.47. The van der Waals surface area contributed by atoms with Gasteiger partial charge in [-0.15, -0.1) is 0 Å². The van der Waals surface area contributed by atoms with Crippen LogP contribution in [-0.2, 0) is 5.41 Å². The molecule has 132 valence electrons. The molecule has 6 heteroatoms. The molecule has 0 spiro atoms. The van der Waals surface area contributed by atoms with Crippen LogP contribution in [0.15, 0.2) is 51.9 Å². The van der Waals surface area contributed by atoms with E-state index in [1.807, 2.05) is 0 Å². The van der Waals surface area contributed by atoms with Crippen molar-refractivity contribution in [2.75, 3.05) is 0 Å². The maximum absolute atomic E-state index is 14.8. The van der Waals surface area contributed by atoms with Crippen LogP contribution in [0.3, 0.4) is 0 Å². The number of carbonyl (C=O) groups is 1. The molecular weight excluding hydrogens is 399 g/mol. The van der Waals surface area contributed by atoms with Crippen LogP contribution in [0.4, 0.5) is 4.39 Å². The zero-order valence-electron chi connectivity index (χ0n) is 14.2. The summed E-state index contributed by atoms with van der Waals surface area (Å²) in [6.07, 6.45) is 3.43. The van der Waals surface area contributed by atoms with E-state index in [1.54, 1.807) is 44.2 Å². The molecule has 0 aliphatic carbocycles. The number of pyridine rings is 1. The number of carbonyl (C=O) groups excluding carboxylic acids is 1. The van der Waals surface area contributed by atoms with Crippen molar-refractivity contribution < 1.29 is 9.18 Å². The van der Waals surface area contributed by atoms with Crippen LogP contribution in [0.1, 0.15) is 29.8 Å². The van der Waals surface area contributed by atoms with Gasteiger partial charge >= 0.3 is 0 Å². The fraction of sp³-hybridized carbons (Fsp3) is 0.150. The van der Waals surface area contributed by atoms with Gasteiger partial charge in [0.1, 0.15) is 5.82 Å². The minimum absolute atomic E-state index is 0.0474. The molecule has 4 nitrogen and oxygen atoms in total. The highest BCUT2D eigenvalue weighted by molar-refractivity contribution is 9.10. The van der Waals surface area contributed by atoms with Gasteiger partial charge in [0.2, 0.25) is 0 Å². The van der Waals surface area contributed by atoms with Crippen molar-refractivity contribution in [3.63, 3.8) is 0 Å². The second-order valence-corrected chi connectivity index (χ2v) is 7.42. The molecule has 0 amide bonds. The van der Waals surface area contributed by atoms with Crippen molar-refractivity contribution >= 4 is 39.2 Å². The number of hydrogen-bond acceptors (Lipinski definition) is 3. The van der Waals surface area contributed by atoms with Crippen LogP contribution in [0.5, 0.6) is 0 Å². The Hall–Kier alpha value is -2.60. The van der Waals surface area contributed by atoms with Crippen LogP contribution in [0, 0.1) is 11.2 Å². The van der Waals surface area contributed by atoms with Crippen molar-refractivity contribution in [1.82, 2.24) is 4.57 Å². The summed E-state index contributed by atoms with van der Waals surface area (Å²) in [5, 5.41) is 7.93. The number of rotatable bonds is 4. The van der Waals surface area contributed by atoms with Crippen LogP contribution >= 0.6 is 15.9 Å². The van der Waals surface area contributed by atoms with Crippen molar-refractivity contribution in [3.8, 4) is 5.69 Å². The Bertz CT molecular complexity index is 1100. The van der Waals surface area contributed by atoms with Crippen molar-refractivity contribution in [2.45, 2.75) is 19.3 Å². The first-order chi connectivity index (χ1) is 12.3. The number of fused-ring (bicyclic) bond motifs is 1. The minimum Gasteiger partial charge on any atom is -0.312 e. The van der Waals surface area contributed by atoms with E-state index >= 15 is 0 Å². The average molecular weight is 415 g/mol. The first-order valence-electron chi connectivity index (χ1n) is 7.91. The van der Waals surface area contributed by atoms with Gasteiger partial charge < -0.3 is 5.41 Å². The molecule has 0 aliphatic heterocycles. The van der Waals surface area contributed by atoms with Crippen molar-refractivity contribution in [3.05, 3.63) is 74.4 Å². The number of nitrogens with zero attached hydrogens (tertiary/aromatic N) is 1. The number of aromatic nitrogens is 1. The highest BCUT2D eigenvalue weighted by Crippen LogP contribution is 2.27. The van der Waals surface area contributed by atoms with Crippen LogP contribution in [0.2, 0.25) is 0 Å². The van der Waals surface area contributed by atoms with E-state index < -0.39 is 16.8 Å². The fourth-order valence-corrected chi connectivity index (χ4v) is 3.27. The largest absolute Gasteiger partial charge is 0.312 e. The molecule has 0 aliphatic rings. The number of nitrogens with one attached hydrogen (secondary N) is 1. The Morgan fingerprint density at radius 2 is 1.96 bits per heavy atom. The van der Waals surface area contributed by atoms with E-state index in [4.69, 9.17) is 5.41 Å². The van der Waals surface area contributed by atoms with Crippen LogP contribution in [-0.4, -0.2) is 17.1 Å². The van der Waals surface area contributed by atoms with E-state index in [1.165, 1.54) is 23.0 Å². The van der Waals surface area contributed by atoms with Gasteiger partial charge in [-0.25, -0.2) is 4.39 Å². The van der Waals surface area contributed by atoms with Crippen molar-refractivity contribution in [1.29, 1.82) is 5.41 Å². The quantitative estimate of drug-likeness (QED) is 0.499. The molecule has 1 aromatic heterocycles. The van der Waals surface area contributed by atoms with Gasteiger partial charge in [0.15, 0.2) is 6.29 Å². The van der Waals surface area contributed by atoms with Gasteiger partial charge in [0.05, 0.1) is 16.6 Å². The maximum atomic E-state index is 14.8. The molecule has 0 saturated carbocycles. The summed E-state index contributed by atoms with van der Waals surface area (Å²) in [5.41, 5.74) is 0.130. The number of aldehydes is 1. The summed E-state index contributed by atoms with van der Waals surface area (Å²) in [6.45, 7) is 3.61. The normalized spacial score (nSPS) is 11.5. The lowest BCUT2D eigenvalue weighted by molar-refractivity contribution is 0.112. The van der Waals surface area contributed by atoms with Crippen LogP contribution in [0.25, 0.3) is 16.5 Å². The highest BCUT2D eigenvalue weighted by atomic mass is 79.9. The summed E-state index contributed by atoms with van der Waals surface area (Å²) in [7, 11) is 0. The molecule has 3 aromatic rings. The first-order valence-corrected chi connectivity index (χ1v) is 8.70. The molecule has 1 N–H and O–H groups in total. The molecule has 1 heterocycles. The molecule has 0 unspecified atom stereocenters. The molecule has 0 atom stereocenters. The predicted octanol–water partition coefficient (Wildman–Crippen LogP) is 4.63. The molecule has 0 fully saturated rings. The van der Waals surface area contributed by atoms with Gasteiger partial charge in [-0.3, -0.25) is 14.2 Å². The number of halogens is 2. The predicted molar refractivity (Wildman–Crippen MR) is 104 cm³/mol. The van der Waals surface area contributed by atoms with Crippen LogP contribution < -0.4 is 5.56 Å². The summed E-state index contributed by atoms with van der Waals surface area (Å²) < 4.78 is 16.6. The Morgan fingerprint density at radius 3 is 2.62 bits per heavy atom. The zero-order chi connectivity index (χ0) is 19.1. The second-order valence-electron chi connectivity index (χ2n) is 6.57. The molecule has 0 radical (unpaired) electrons. The Morgan fingerprint density at radius 1 is 1.23 bits per heavy atom. The third-order valence-corrected chi connectivity index (χ3v) is 5.16. The monoisotopic (exact) mass is 414 g/mol. The number of hydrogen-bond donors (Lipinski definition) is 1. The number of benzene rings is 2. The van der Waals surface area contributed by atoms with E-state index in [0.717, 1.165) is 0 Å². The zero-order valence-corrected chi connectivity index (χ0v) is 15.8. The lowest BCUT2D eigenvalue weighted by Crippen LogP contribution is -2.22. The van der Waals surface area contributed by atoms with Gasteiger partial charge in [0, 0.05) is 22.3 Å². The van der Waals surface area contributed by atoms with Gasteiger partial charge in [-0.05, 0) is 57.2 Å². The molecule has 0 bridgehead atoms. The minimum atomic E-state index is -0.644.